The molecule has 1 N–H and O–H groups in total. The average Bonchev–Trinajstić information content (AvgIpc) is 3.26. The Morgan fingerprint density at radius 3 is 2.92 bits per heavy atom. The Balaban J connectivity index is 1.50. The van der Waals surface area contributed by atoms with Gasteiger partial charge in [-0.3, -0.25) is 14.7 Å². The number of anilines is 1. The highest BCUT2D eigenvalue weighted by Crippen LogP contribution is 2.29. The fraction of sp³-hybridized carbons (Fsp3) is 0.333. The van der Waals surface area contributed by atoms with E-state index in [1.54, 1.807) is 4.90 Å². The Labute approximate surface area is 148 Å². The van der Waals surface area contributed by atoms with Crippen molar-refractivity contribution in [2.75, 3.05) is 18.4 Å². The van der Waals surface area contributed by atoms with E-state index in [1.165, 1.54) is 17.5 Å². The topological polar surface area (TPSA) is 44.7 Å². The van der Waals surface area contributed by atoms with Crippen LogP contribution < -0.4 is 5.32 Å². The summed E-state index contributed by atoms with van der Waals surface area (Å²) in [5, 5.41) is 3.43. The number of benzene rings is 2. The van der Waals surface area contributed by atoms with Crippen LogP contribution in [-0.4, -0.2) is 29.9 Å². The van der Waals surface area contributed by atoms with Crippen LogP contribution in [0, 0.1) is 6.92 Å². The van der Waals surface area contributed by atoms with Crippen LogP contribution in [0.15, 0.2) is 47.5 Å². The Bertz CT molecular complexity index is 841. The summed E-state index contributed by atoms with van der Waals surface area (Å²) in [6, 6.07) is 14.4. The predicted octanol–water partition coefficient (Wildman–Crippen LogP) is 3.34. The molecule has 4 nitrogen and oxygen atoms in total. The number of guanidine groups is 1. The zero-order chi connectivity index (χ0) is 17.2. The molecule has 0 saturated carbocycles. The highest BCUT2D eigenvalue weighted by Gasteiger charge is 2.25. The van der Waals surface area contributed by atoms with Gasteiger partial charge >= 0.3 is 0 Å². The second kappa shape index (κ2) is 6.71. The molecule has 2 aromatic rings. The van der Waals surface area contributed by atoms with E-state index in [0.717, 1.165) is 29.7 Å². The molecule has 1 aliphatic carbocycles. The summed E-state index contributed by atoms with van der Waals surface area (Å²) in [7, 11) is 0. The van der Waals surface area contributed by atoms with Crippen molar-refractivity contribution in [3.05, 3.63) is 64.7 Å². The highest BCUT2D eigenvalue weighted by molar-refractivity contribution is 6.06. The standard InChI is InChI=1S/C21H23N3O/c1-15-6-2-3-7-17(15)14-20(25)24-13-12-22-21(24)23-19-11-5-9-16-8-4-10-18(16)19/h2-3,5-7,9,11H,4,8,10,12-14H2,1H3,(H,22,23). The minimum Gasteiger partial charge on any atom is -0.326 e. The van der Waals surface area contributed by atoms with E-state index in [4.69, 9.17) is 0 Å². The number of aliphatic imine (C=N–C) groups is 1. The normalized spacial score (nSPS) is 15.9. The van der Waals surface area contributed by atoms with Gasteiger partial charge in [0, 0.05) is 12.2 Å². The van der Waals surface area contributed by atoms with Gasteiger partial charge in [-0.15, -0.1) is 0 Å². The smallest absolute Gasteiger partial charge is 0.233 e. The Morgan fingerprint density at radius 1 is 1.16 bits per heavy atom. The number of hydrogen-bond acceptors (Lipinski definition) is 3. The molecule has 0 atom stereocenters. The molecule has 25 heavy (non-hydrogen) atoms. The lowest BCUT2D eigenvalue weighted by molar-refractivity contribution is -0.126. The summed E-state index contributed by atoms with van der Waals surface area (Å²) >= 11 is 0. The number of hydrogen-bond donors (Lipinski definition) is 1. The van der Waals surface area contributed by atoms with Gasteiger partial charge in [0.15, 0.2) is 0 Å². The van der Waals surface area contributed by atoms with Crippen molar-refractivity contribution in [2.24, 2.45) is 4.99 Å². The van der Waals surface area contributed by atoms with Crippen LogP contribution in [-0.2, 0) is 24.1 Å². The predicted molar refractivity (Wildman–Crippen MR) is 101 cm³/mol. The van der Waals surface area contributed by atoms with Gasteiger partial charge < -0.3 is 5.32 Å². The van der Waals surface area contributed by atoms with E-state index in [1.807, 2.05) is 31.2 Å². The molecule has 4 heteroatoms. The van der Waals surface area contributed by atoms with Crippen molar-refractivity contribution in [2.45, 2.75) is 32.6 Å². The Morgan fingerprint density at radius 2 is 2.04 bits per heavy atom. The highest BCUT2D eigenvalue weighted by atomic mass is 16.2. The summed E-state index contributed by atoms with van der Waals surface area (Å²) in [4.78, 5) is 19.1. The third kappa shape index (κ3) is 3.16. The first-order valence-corrected chi connectivity index (χ1v) is 8.99. The van der Waals surface area contributed by atoms with Gasteiger partial charge in [-0.2, -0.15) is 0 Å². The van der Waals surface area contributed by atoms with Gasteiger partial charge in [0.1, 0.15) is 0 Å². The molecular formula is C21H23N3O. The monoisotopic (exact) mass is 333 g/mol. The minimum atomic E-state index is 0.102. The van der Waals surface area contributed by atoms with Crippen LogP contribution in [0.4, 0.5) is 5.69 Å². The number of nitrogens with one attached hydrogen (secondary N) is 1. The van der Waals surface area contributed by atoms with Crippen molar-refractivity contribution in [3.63, 3.8) is 0 Å². The van der Waals surface area contributed by atoms with Crippen molar-refractivity contribution in [1.29, 1.82) is 0 Å². The number of carbonyl (C=O) groups is 1. The van der Waals surface area contributed by atoms with Crippen LogP contribution in [0.3, 0.4) is 0 Å². The molecule has 2 aliphatic rings. The molecule has 1 amide bonds. The van der Waals surface area contributed by atoms with Crippen molar-refractivity contribution in [3.8, 4) is 0 Å². The van der Waals surface area contributed by atoms with Crippen molar-refractivity contribution < 1.29 is 4.79 Å². The average molecular weight is 333 g/mol. The zero-order valence-electron chi connectivity index (χ0n) is 14.6. The van der Waals surface area contributed by atoms with E-state index in [0.29, 0.717) is 25.5 Å². The van der Waals surface area contributed by atoms with Gasteiger partial charge in [0.2, 0.25) is 11.9 Å². The SMILES string of the molecule is Cc1ccccc1CC(=O)N1CCN=C1Nc1cccc2c1CCC2. The van der Waals surface area contributed by atoms with Crippen LogP contribution in [0.2, 0.25) is 0 Å². The molecule has 0 fully saturated rings. The van der Waals surface area contributed by atoms with E-state index >= 15 is 0 Å². The van der Waals surface area contributed by atoms with E-state index in [2.05, 4.69) is 28.5 Å². The summed E-state index contributed by atoms with van der Waals surface area (Å²) in [5.74, 6) is 0.796. The van der Waals surface area contributed by atoms with E-state index in [9.17, 15) is 4.79 Å². The molecule has 0 spiro atoms. The molecular weight excluding hydrogens is 310 g/mol. The van der Waals surface area contributed by atoms with E-state index in [-0.39, 0.29) is 5.91 Å². The Hall–Kier alpha value is -2.62. The summed E-state index contributed by atoms with van der Waals surface area (Å²) in [6.45, 7) is 3.37. The molecule has 1 aliphatic heterocycles. The molecule has 0 radical (unpaired) electrons. The molecule has 0 unspecified atom stereocenters. The second-order valence-electron chi connectivity index (χ2n) is 6.78. The first-order chi connectivity index (χ1) is 12.2. The molecule has 1 heterocycles. The van der Waals surface area contributed by atoms with Crippen LogP contribution >= 0.6 is 0 Å². The molecule has 2 aromatic carbocycles. The first kappa shape index (κ1) is 15.9. The van der Waals surface area contributed by atoms with Gasteiger partial charge in [0.05, 0.1) is 13.0 Å². The van der Waals surface area contributed by atoms with Gasteiger partial charge in [-0.05, 0) is 54.5 Å². The Kier molecular flexibility index (Phi) is 4.26. The number of fused-ring (bicyclic) bond motifs is 1. The maximum absolute atomic E-state index is 12.8. The maximum Gasteiger partial charge on any atom is 0.233 e. The van der Waals surface area contributed by atoms with Crippen LogP contribution in [0.25, 0.3) is 0 Å². The lowest BCUT2D eigenvalue weighted by Gasteiger charge is -2.21. The van der Waals surface area contributed by atoms with Crippen LogP contribution in [0.5, 0.6) is 0 Å². The molecule has 128 valence electrons. The first-order valence-electron chi connectivity index (χ1n) is 8.99. The third-order valence-electron chi connectivity index (χ3n) is 5.14. The number of carbonyl (C=O) groups excluding carboxylic acids is 1. The molecule has 0 saturated heterocycles. The van der Waals surface area contributed by atoms with E-state index < -0.39 is 0 Å². The number of aryl methyl sites for hydroxylation is 2. The lowest BCUT2D eigenvalue weighted by atomic mass is 10.1. The van der Waals surface area contributed by atoms with Gasteiger partial charge in [-0.1, -0.05) is 36.4 Å². The number of rotatable bonds is 3. The largest absolute Gasteiger partial charge is 0.326 e. The fourth-order valence-corrected chi connectivity index (χ4v) is 3.72. The van der Waals surface area contributed by atoms with Gasteiger partial charge in [-0.25, -0.2) is 0 Å². The third-order valence-corrected chi connectivity index (χ3v) is 5.14. The summed E-state index contributed by atoms with van der Waals surface area (Å²) in [5.41, 5.74) is 6.14. The lowest BCUT2D eigenvalue weighted by Crippen LogP contribution is -2.39. The van der Waals surface area contributed by atoms with Crippen LogP contribution in [0.1, 0.15) is 28.7 Å². The summed E-state index contributed by atoms with van der Waals surface area (Å²) in [6.07, 6.45) is 3.87. The van der Waals surface area contributed by atoms with Gasteiger partial charge in [0.25, 0.3) is 0 Å². The quantitative estimate of drug-likeness (QED) is 0.936. The maximum atomic E-state index is 12.8. The zero-order valence-corrected chi connectivity index (χ0v) is 14.6. The molecule has 0 aromatic heterocycles. The summed E-state index contributed by atoms with van der Waals surface area (Å²) < 4.78 is 0. The van der Waals surface area contributed by atoms with Crippen molar-refractivity contribution in [1.82, 2.24) is 4.90 Å². The van der Waals surface area contributed by atoms with Crippen molar-refractivity contribution >= 4 is 17.6 Å². The number of amides is 1. The molecule has 4 rings (SSSR count). The number of nitrogens with zero attached hydrogens (tertiary/aromatic N) is 2. The minimum absolute atomic E-state index is 0.102. The fourth-order valence-electron chi connectivity index (χ4n) is 3.72. The second-order valence-corrected chi connectivity index (χ2v) is 6.78. The molecule has 0 bridgehead atoms.